The van der Waals surface area contributed by atoms with Gasteiger partial charge in [0.1, 0.15) is 0 Å². The Hall–Kier alpha value is -2.67. The summed E-state index contributed by atoms with van der Waals surface area (Å²) < 4.78 is 0. The number of nitrogens with one attached hydrogen (secondary N) is 2. The molecule has 1 aliphatic rings. The van der Waals surface area contributed by atoms with E-state index in [0.717, 1.165) is 37.9 Å². The van der Waals surface area contributed by atoms with Gasteiger partial charge in [-0.05, 0) is 57.2 Å². The van der Waals surface area contributed by atoms with Crippen molar-refractivity contribution in [1.82, 2.24) is 25.1 Å². The first-order chi connectivity index (χ1) is 15.8. The van der Waals surface area contributed by atoms with Gasteiger partial charge in [-0.25, -0.2) is 0 Å². The average molecular weight is 451 g/mol. The smallest absolute Gasteiger partial charge is 0.245 e. The summed E-state index contributed by atoms with van der Waals surface area (Å²) in [5, 5.41) is 8.58. The minimum atomic E-state index is 0.0533. The number of benzene rings is 1. The molecule has 1 fully saturated rings. The predicted molar refractivity (Wildman–Crippen MR) is 134 cm³/mol. The van der Waals surface area contributed by atoms with Crippen molar-refractivity contribution in [2.75, 3.05) is 25.0 Å². The van der Waals surface area contributed by atoms with Gasteiger partial charge in [-0.3, -0.25) is 14.8 Å². The Morgan fingerprint density at radius 2 is 1.88 bits per heavy atom. The van der Waals surface area contributed by atoms with E-state index in [1.54, 1.807) is 0 Å². The maximum Gasteiger partial charge on any atom is 0.245 e. The van der Waals surface area contributed by atoms with Crippen molar-refractivity contribution in [3.8, 4) is 0 Å². The van der Waals surface area contributed by atoms with Crippen LogP contribution < -0.4 is 4.90 Å². The molecule has 0 bridgehead atoms. The molecule has 0 aliphatic carbocycles. The minimum Gasteiger partial charge on any atom is -0.361 e. The Morgan fingerprint density at radius 3 is 2.61 bits per heavy atom. The molecule has 1 aliphatic heterocycles. The third kappa shape index (κ3) is 5.46. The van der Waals surface area contributed by atoms with Crippen LogP contribution >= 0.6 is 0 Å². The first-order valence-electron chi connectivity index (χ1n) is 12.3. The first kappa shape index (κ1) is 23.5. The van der Waals surface area contributed by atoms with E-state index in [1.807, 2.05) is 6.07 Å². The van der Waals surface area contributed by atoms with Gasteiger partial charge in [-0.2, -0.15) is 4.98 Å². The number of para-hydroxylation sites is 1. The van der Waals surface area contributed by atoms with Crippen LogP contribution in [0, 0.1) is 11.8 Å². The number of aromatic amines is 2. The molecule has 1 unspecified atom stereocenters. The van der Waals surface area contributed by atoms with Gasteiger partial charge in [0.2, 0.25) is 5.95 Å². The van der Waals surface area contributed by atoms with Crippen molar-refractivity contribution in [2.24, 2.45) is 11.8 Å². The monoisotopic (exact) mass is 450 g/mol. The Balaban J connectivity index is 1.45. The van der Waals surface area contributed by atoms with E-state index in [1.165, 1.54) is 10.9 Å². The lowest BCUT2D eigenvalue weighted by atomic mass is 9.88. The average Bonchev–Trinajstić information content (AvgIpc) is 3.43. The maximum absolute atomic E-state index is 13.2. The van der Waals surface area contributed by atoms with Crippen LogP contribution in [0.5, 0.6) is 0 Å². The molecule has 2 N–H and O–H groups in total. The Morgan fingerprint density at radius 1 is 1.15 bits per heavy atom. The SMILES string of the molecule is CC(C)CCC(CC(=O)c1nc(N2C[C@@H](C)N(C)[C@@H](C)C2)n[nH]1)Cc1c[nH]c2ccccc12. The minimum absolute atomic E-state index is 0.0533. The fourth-order valence-corrected chi connectivity index (χ4v) is 4.90. The molecular weight excluding hydrogens is 412 g/mol. The largest absolute Gasteiger partial charge is 0.361 e. The van der Waals surface area contributed by atoms with Crippen LogP contribution in [0.1, 0.15) is 63.1 Å². The summed E-state index contributed by atoms with van der Waals surface area (Å²) in [6.07, 6.45) is 5.60. The van der Waals surface area contributed by atoms with E-state index < -0.39 is 0 Å². The van der Waals surface area contributed by atoms with Crippen LogP contribution in [-0.4, -0.2) is 63.1 Å². The highest BCUT2D eigenvalue weighted by atomic mass is 16.1. The van der Waals surface area contributed by atoms with Crippen LogP contribution in [0.15, 0.2) is 30.5 Å². The molecule has 3 aromatic rings. The summed E-state index contributed by atoms with van der Waals surface area (Å²) in [4.78, 5) is 25.7. The number of rotatable bonds is 9. The molecule has 0 spiro atoms. The standard InChI is InChI=1S/C26H38N6O/c1-17(2)10-11-20(12-21-14-27-23-9-7-6-8-22(21)23)13-24(33)25-28-26(30-29-25)32-15-18(3)31(5)19(4)16-32/h6-9,14,17-20,27H,10-13,15-16H2,1-5H3,(H,28,29,30)/t18-,19+,20?. The predicted octanol–water partition coefficient (Wildman–Crippen LogP) is 4.68. The number of hydrogen-bond donors (Lipinski definition) is 2. The number of piperazine rings is 1. The van der Waals surface area contributed by atoms with Gasteiger partial charge < -0.3 is 9.88 Å². The number of carbonyl (C=O) groups is 1. The zero-order valence-electron chi connectivity index (χ0n) is 20.6. The molecule has 7 heteroatoms. The number of Topliss-reactive ketones (excluding diaryl/α,β-unsaturated/α-hetero) is 1. The summed E-state index contributed by atoms with van der Waals surface area (Å²) in [5.74, 6) is 1.97. The molecule has 2 aromatic heterocycles. The molecule has 7 nitrogen and oxygen atoms in total. The number of carbonyl (C=O) groups excluding carboxylic acids is 1. The normalized spacial score (nSPS) is 20.6. The first-order valence-corrected chi connectivity index (χ1v) is 12.3. The van der Waals surface area contributed by atoms with Gasteiger partial charge in [0.25, 0.3) is 0 Å². The maximum atomic E-state index is 13.2. The molecule has 0 radical (unpaired) electrons. The summed E-state index contributed by atoms with van der Waals surface area (Å²) in [7, 11) is 2.16. The second-order valence-electron chi connectivity index (χ2n) is 10.3. The van der Waals surface area contributed by atoms with E-state index in [4.69, 9.17) is 0 Å². The highest BCUT2D eigenvalue weighted by molar-refractivity contribution is 5.93. The van der Waals surface area contributed by atoms with Crippen molar-refractivity contribution < 1.29 is 4.79 Å². The van der Waals surface area contributed by atoms with Gasteiger partial charge in [-0.15, -0.1) is 5.10 Å². The van der Waals surface area contributed by atoms with Gasteiger partial charge in [0.05, 0.1) is 0 Å². The lowest BCUT2D eigenvalue weighted by Gasteiger charge is -2.41. The summed E-state index contributed by atoms with van der Waals surface area (Å²) in [5.41, 5.74) is 2.43. The number of ketones is 1. The van der Waals surface area contributed by atoms with Gasteiger partial charge >= 0.3 is 0 Å². The fourth-order valence-electron chi connectivity index (χ4n) is 4.90. The zero-order chi connectivity index (χ0) is 23.5. The molecule has 1 aromatic carbocycles. The highest BCUT2D eigenvalue weighted by Gasteiger charge is 2.29. The van der Waals surface area contributed by atoms with Gasteiger partial charge in [0, 0.05) is 48.7 Å². The van der Waals surface area contributed by atoms with E-state index in [-0.39, 0.29) is 11.7 Å². The lowest BCUT2D eigenvalue weighted by molar-refractivity contribution is 0.0947. The van der Waals surface area contributed by atoms with Crippen LogP contribution in [-0.2, 0) is 6.42 Å². The molecule has 178 valence electrons. The van der Waals surface area contributed by atoms with Crippen molar-refractivity contribution >= 4 is 22.6 Å². The molecular formula is C26H38N6O. The number of likely N-dealkylation sites (N-methyl/N-ethyl adjacent to an activating group) is 1. The van der Waals surface area contributed by atoms with E-state index >= 15 is 0 Å². The molecule has 0 saturated carbocycles. The lowest BCUT2D eigenvalue weighted by Crippen LogP contribution is -2.55. The quantitative estimate of drug-likeness (QED) is 0.463. The third-order valence-electron chi connectivity index (χ3n) is 7.19. The number of aromatic nitrogens is 4. The van der Waals surface area contributed by atoms with E-state index in [9.17, 15) is 4.79 Å². The highest BCUT2D eigenvalue weighted by Crippen LogP contribution is 2.27. The van der Waals surface area contributed by atoms with Gasteiger partial charge in [-0.1, -0.05) is 38.5 Å². The summed E-state index contributed by atoms with van der Waals surface area (Å²) >= 11 is 0. The molecule has 1 saturated heterocycles. The van der Waals surface area contributed by atoms with E-state index in [2.05, 4.69) is 89.1 Å². The van der Waals surface area contributed by atoms with Crippen molar-refractivity contribution in [1.29, 1.82) is 0 Å². The number of nitrogens with zero attached hydrogens (tertiary/aromatic N) is 4. The summed E-state index contributed by atoms with van der Waals surface area (Å²) in [6.45, 7) is 10.6. The third-order valence-corrected chi connectivity index (χ3v) is 7.19. The Kier molecular flexibility index (Phi) is 7.17. The van der Waals surface area contributed by atoms with Crippen molar-refractivity contribution in [2.45, 2.75) is 65.5 Å². The van der Waals surface area contributed by atoms with E-state index in [0.29, 0.717) is 36.2 Å². The molecule has 4 rings (SSSR count). The van der Waals surface area contributed by atoms with Crippen molar-refractivity contribution in [3.63, 3.8) is 0 Å². The van der Waals surface area contributed by atoms with Crippen LogP contribution in [0.4, 0.5) is 5.95 Å². The Labute approximate surface area is 197 Å². The Bertz CT molecular complexity index is 1060. The molecule has 3 atom stereocenters. The number of H-pyrrole nitrogens is 2. The van der Waals surface area contributed by atoms with Crippen molar-refractivity contribution in [3.05, 3.63) is 41.9 Å². The molecule has 33 heavy (non-hydrogen) atoms. The zero-order valence-corrected chi connectivity index (χ0v) is 20.6. The molecule has 0 amide bonds. The molecule has 3 heterocycles. The van der Waals surface area contributed by atoms with Crippen LogP contribution in [0.25, 0.3) is 10.9 Å². The number of hydrogen-bond acceptors (Lipinski definition) is 5. The topological polar surface area (TPSA) is 80.9 Å². The van der Waals surface area contributed by atoms with Crippen LogP contribution in [0.2, 0.25) is 0 Å². The van der Waals surface area contributed by atoms with Crippen LogP contribution in [0.3, 0.4) is 0 Å². The second-order valence-corrected chi connectivity index (χ2v) is 10.3. The second kappa shape index (κ2) is 10.1. The number of anilines is 1. The van der Waals surface area contributed by atoms with Gasteiger partial charge in [0.15, 0.2) is 11.6 Å². The summed E-state index contributed by atoms with van der Waals surface area (Å²) in [6, 6.07) is 9.22. The number of fused-ring (bicyclic) bond motifs is 1. The fraction of sp³-hybridized carbons (Fsp3) is 0.577.